The van der Waals surface area contributed by atoms with Crippen LogP contribution in [-0.4, -0.2) is 30.5 Å². The summed E-state index contributed by atoms with van der Waals surface area (Å²) in [5.41, 5.74) is -0.130. The zero-order valence-electron chi connectivity index (χ0n) is 14.4. The van der Waals surface area contributed by atoms with Gasteiger partial charge in [0.2, 0.25) is 0 Å². The van der Waals surface area contributed by atoms with E-state index < -0.39 is 21.8 Å². The highest BCUT2D eigenvalue weighted by Crippen LogP contribution is 2.28. The topological polar surface area (TPSA) is 78.3 Å². The van der Waals surface area contributed by atoms with Crippen LogP contribution in [0.3, 0.4) is 0 Å². The fourth-order valence-electron chi connectivity index (χ4n) is 2.69. The van der Waals surface area contributed by atoms with E-state index in [-0.39, 0.29) is 33.2 Å². The number of pyridine rings is 1. The SMILES string of the molecule is COC(=O)c1cc2cc(F)c(C(C)C)nc2n1S(=O)(=O)c1ccccc1. The Morgan fingerprint density at radius 2 is 1.85 bits per heavy atom. The third-order valence-corrected chi connectivity index (χ3v) is 5.66. The van der Waals surface area contributed by atoms with Crippen molar-refractivity contribution in [1.82, 2.24) is 8.96 Å². The number of fused-ring (bicyclic) bond motifs is 1. The predicted molar refractivity (Wildman–Crippen MR) is 94.1 cm³/mol. The Morgan fingerprint density at radius 1 is 1.19 bits per heavy atom. The lowest BCUT2D eigenvalue weighted by Crippen LogP contribution is -2.20. The summed E-state index contributed by atoms with van der Waals surface area (Å²) in [4.78, 5) is 16.3. The molecule has 2 aromatic heterocycles. The quantitative estimate of drug-likeness (QED) is 0.653. The lowest BCUT2D eigenvalue weighted by molar-refractivity contribution is 0.0593. The highest BCUT2D eigenvalue weighted by Gasteiger charge is 2.28. The molecule has 0 saturated heterocycles. The van der Waals surface area contributed by atoms with Gasteiger partial charge in [0.25, 0.3) is 10.0 Å². The predicted octanol–water partition coefficient (Wildman–Crippen LogP) is 3.32. The largest absolute Gasteiger partial charge is 0.464 e. The van der Waals surface area contributed by atoms with E-state index in [2.05, 4.69) is 4.98 Å². The molecule has 0 fully saturated rings. The van der Waals surface area contributed by atoms with Crippen molar-refractivity contribution in [2.24, 2.45) is 0 Å². The number of carbonyl (C=O) groups is 1. The molecule has 0 aliphatic rings. The van der Waals surface area contributed by atoms with Crippen molar-refractivity contribution in [3.05, 3.63) is 59.7 Å². The van der Waals surface area contributed by atoms with Gasteiger partial charge in [0.15, 0.2) is 5.65 Å². The average molecular weight is 376 g/mol. The van der Waals surface area contributed by atoms with Gasteiger partial charge < -0.3 is 4.74 Å². The van der Waals surface area contributed by atoms with E-state index in [9.17, 15) is 17.6 Å². The number of hydrogen-bond acceptors (Lipinski definition) is 5. The molecular weight excluding hydrogens is 359 g/mol. The van der Waals surface area contributed by atoms with Crippen molar-refractivity contribution < 1.29 is 22.3 Å². The number of carbonyl (C=O) groups excluding carboxylic acids is 1. The fraction of sp³-hybridized carbons (Fsp3) is 0.222. The van der Waals surface area contributed by atoms with Gasteiger partial charge in [0, 0.05) is 5.39 Å². The van der Waals surface area contributed by atoms with Crippen molar-refractivity contribution in [2.75, 3.05) is 7.11 Å². The van der Waals surface area contributed by atoms with Crippen LogP contribution in [0.5, 0.6) is 0 Å². The summed E-state index contributed by atoms with van der Waals surface area (Å²) in [5, 5.41) is 0.201. The summed E-state index contributed by atoms with van der Waals surface area (Å²) in [5.74, 6) is -1.67. The molecule has 0 atom stereocenters. The van der Waals surface area contributed by atoms with Gasteiger partial charge in [-0.2, -0.15) is 0 Å². The number of ether oxygens (including phenoxy) is 1. The minimum atomic E-state index is -4.13. The number of methoxy groups -OCH3 is 1. The van der Waals surface area contributed by atoms with Crippen molar-refractivity contribution in [3.63, 3.8) is 0 Å². The second-order valence-electron chi connectivity index (χ2n) is 6.03. The van der Waals surface area contributed by atoms with E-state index in [1.54, 1.807) is 32.0 Å². The summed E-state index contributed by atoms with van der Waals surface area (Å²) in [6.45, 7) is 3.49. The van der Waals surface area contributed by atoms with Gasteiger partial charge >= 0.3 is 5.97 Å². The summed E-state index contributed by atoms with van der Waals surface area (Å²) < 4.78 is 46.1. The van der Waals surface area contributed by atoms with Crippen LogP contribution in [0.15, 0.2) is 47.4 Å². The third-order valence-electron chi connectivity index (χ3n) is 3.94. The van der Waals surface area contributed by atoms with E-state index in [1.165, 1.54) is 24.3 Å². The maximum atomic E-state index is 14.3. The molecule has 0 bridgehead atoms. The van der Waals surface area contributed by atoms with Gasteiger partial charge in [-0.05, 0) is 30.2 Å². The summed E-state index contributed by atoms with van der Waals surface area (Å²) >= 11 is 0. The zero-order valence-corrected chi connectivity index (χ0v) is 15.2. The third kappa shape index (κ3) is 2.86. The second-order valence-corrected chi connectivity index (χ2v) is 7.81. The minimum Gasteiger partial charge on any atom is -0.464 e. The van der Waals surface area contributed by atoms with Crippen molar-refractivity contribution >= 4 is 27.0 Å². The van der Waals surface area contributed by atoms with Gasteiger partial charge in [-0.25, -0.2) is 26.6 Å². The molecule has 6 nitrogen and oxygen atoms in total. The van der Waals surface area contributed by atoms with Crippen molar-refractivity contribution in [1.29, 1.82) is 0 Å². The van der Waals surface area contributed by atoms with E-state index >= 15 is 0 Å². The molecule has 3 rings (SSSR count). The molecule has 2 heterocycles. The highest BCUT2D eigenvalue weighted by atomic mass is 32.2. The van der Waals surface area contributed by atoms with Crippen molar-refractivity contribution in [3.8, 4) is 0 Å². The second kappa shape index (κ2) is 6.53. The first-order chi connectivity index (χ1) is 12.3. The molecule has 0 radical (unpaired) electrons. The normalized spacial score (nSPS) is 11.9. The molecule has 8 heteroatoms. The number of esters is 1. The van der Waals surface area contributed by atoms with Gasteiger partial charge in [0.05, 0.1) is 17.7 Å². The number of hydrogen-bond donors (Lipinski definition) is 0. The number of aromatic nitrogens is 2. The number of nitrogens with zero attached hydrogens (tertiary/aromatic N) is 2. The Kier molecular flexibility index (Phi) is 4.53. The smallest absolute Gasteiger partial charge is 0.355 e. The molecule has 0 aliphatic heterocycles. The standard InChI is InChI=1S/C18H17FN2O4S/c1-11(2)16-14(19)9-12-10-15(18(22)25-3)21(17(12)20-16)26(23,24)13-7-5-4-6-8-13/h4-11H,1-3H3. The van der Waals surface area contributed by atoms with E-state index in [4.69, 9.17) is 4.74 Å². The maximum absolute atomic E-state index is 14.3. The molecule has 136 valence electrons. The highest BCUT2D eigenvalue weighted by molar-refractivity contribution is 7.90. The molecule has 26 heavy (non-hydrogen) atoms. The molecule has 0 saturated carbocycles. The van der Waals surface area contributed by atoms with Crippen LogP contribution < -0.4 is 0 Å². The fourth-order valence-corrected chi connectivity index (χ4v) is 4.16. The summed E-state index contributed by atoms with van der Waals surface area (Å²) in [7, 11) is -2.99. The van der Waals surface area contributed by atoms with Gasteiger partial charge in [0.1, 0.15) is 11.5 Å². The Morgan fingerprint density at radius 3 is 2.42 bits per heavy atom. The Labute approximate surface area is 150 Å². The molecule has 3 aromatic rings. The van der Waals surface area contributed by atoms with Crippen LogP contribution in [0, 0.1) is 5.82 Å². The van der Waals surface area contributed by atoms with Crippen LogP contribution in [0.25, 0.3) is 11.0 Å². The molecule has 0 N–H and O–H groups in total. The Balaban J connectivity index is 2.41. The molecule has 0 unspecified atom stereocenters. The zero-order chi connectivity index (χ0) is 19.1. The van der Waals surface area contributed by atoms with E-state index in [0.717, 1.165) is 11.1 Å². The van der Waals surface area contributed by atoms with Crippen LogP contribution in [-0.2, 0) is 14.8 Å². The van der Waals surface area contributed by atoms with Crippen LogP contribution >= 0.6 is 0 Å². The lowest BCUT2D eigenvalue weighted by atomic mass is 10.1. The van der Waals surface area contributed by atoms with Gasteiger partial charge in [-0.15, -0.1) is 0 Å². The van der Waals surface area contributed by atoms with E-state index in [1.807, 2.05) is 0 Å². The number of halogens is 1. The molecular formula is C18H17FN2O4S. The number of rotatable bonds is 4. The van der Waals surface area contributed by atoms with E-state index in [0.29, 0.717) is 0 Å². The first-order valence-corrected chi connectivity index (χ1v) is 9.32. The van der Waals surface area contributed by atoms with Crippen LogP contribution in [0.4, 0.5) is 4.39 Å². The Bertz CT molecular complexity index is 1090. The molecule has 0 spiro atoms. The van der Waals surface area contributed by atoms with Gasteiger partial charge in [-0.3, -0.25) is 0 Å². The Hall–Kier alpha value is -2.74. The number of benzene rings is 1. The van der Waals surface area contributed by atoms with Crippen LogP contribution in [0.2, 0.25) is 0 Å². The summed E-state index contributed by atoms with van der Waals surface area (Å²) in [6, 6.07) is 10.1. The van der Waals surface area contributed by atoms with Gasteiger partial charge in [-0.1, -0.05) is 32.0 Å². The lowest BCUT2D eigenvalue weighted by Gasteiger charge is -2.12. The summed E-state index contributed by atoms with van der Waals surface area (Å²) in [6.07, 6.45) is 0. The van der Waals surface area contributed by atoms with Crippen LogP contribution in [0.1, 0.15) is 35.9 Å². The first-order valence-electron chi connectivity index (χ1n) is 7.88. The first kappa shape index (κ1) is 18.1. The van der Waals surface area contributed by atoms with Crippen molar-refractivity contribution in [2.45, 2.75) is 24.7 Å². The molecule has 0 amide bonds. The minimum absolute atomic E-state index is 0.0140. The monoisotopic (exact) mass is 376 g/mol. The molecule has 0 aliphatic carbocycles. The molecule has 1 aromatic carbocycles. The average Bonchev–Trinajstić information content (AvgIpc) is 2.99. The maximum Gasteiger partial charge on any atom is 0.355 e.